The molecule has 1 unspecified atom stereocenters. The third-order valence-corrected chi connectivity index (χ3v) is 11.0. The summed E-state index contributed by atoms with van der Waals surface area (Å²) in [5.41, 5.74) is 7.62. The first-order chi connectivity index (χ1) is 17.5. The lowest BCUT2D eigenvalue weighted by Gasteiger charge is -2.38. The molecule has 5 nitrogen and oxygen atoms in total. The smallest absolute Gasteiger partial charge is 0.192 e. The van der Waals surface area contributed by atoms with Gasteiger partial charge in [-0.25, -0.2) is 8.78 Å². The van der Waals surface area contributed by atoms with Crippen molar-refractivity contribution < 1.29 is 27.4 Å². The molecular formula is C29H37F2NO4Si. The van der Waals surface area contributed by atoms with Crippen molar-refractivity contribution in [3.63, 3.8) is 0 Å². The molecule has 3 rings (SSSR count). The van der Waals surface area contributed by atoms with E-state index in [1.807, 2.05) is 0 Å². The summed E-state index contributed by atoms with van der Waals surface area (Å²) in [6.45, 7) is 12.0. The second-order valence-corrected chi connectivity index (χ2v) is 15.2. The Bertz CT molecular complexity index is 1130. The van der Waals surface area contributed by atoms with Crippen LogP contribution in [0.4, 0.5) is 8.78 Å². The van der Waals surface area contributed by atoms with Crippen molar-refractivity contribution in [1.82, 2.24) is 0 Å². The Morgan fingerprint density at radius 2 is 1.27 bits per heavy atom. The van der Waals surface area contributed by atoms with Gasteiger partial charge in [0.1, 0.15) is 37.2 Å². The van der Waals surface area contributed by atoms with E-state index in [4.69, 9.17) is 24.4 Å². The van der Waals surface area contributed by atoms with Crippen molar-refractivity contribution in [1.29, 1.82) is 0 Å². The molecule has 3 aromatic rings. The highest BCUT2D eigenvalue weighted by Crippen LogP contribution is 2.37. The second kappa shape index (κ2) is 12.5. The molecule has 0 amide bonds. The lowest BCUT2D eigenvalue weighted by molar-refractivity contribution is 0.121. The zero-order chi connectivity index (χ0) is 27.1. The molecule has 200 valence electrons. The molecule has 37 heavy (non-hydrogen) atoms. The van der Waals surface area contributed by atoms with Gasteiger partial charge in [-0.05, 0) is 65.7 Å². The van der Waals surface area contributed by atoms with E-state index < -0.39 is 8.32 Å². The zero-order valence-electron chi connectivity index (χ0n) is 22.2. The average Bonchev–Trinajstić information content (AvgIpc) is 2.85. The third-order valence-electron chi connectivity index (χ3n) is 6.50. The van der Waals surface area contributed by atoms with E-state index in [0.29, 0.717) is 30.4 Å². The van der Waals surface area contributed by atoms with Crippen molar-refractivity contribution in [2.24, 2.45) is 5.73 Å². The molecular weight excluding hydrogens is 492 g/mol. The minimum atomic E-state index is -2.00. The fourth-order valence-corrected chi connectivity index (χ4v) is 4.58. The zero-order valence-corrected chi connectivity index (χ0v) is 23.2. The van der Waals surface area contributed by atoms with Gasteiger partial charge in [0, 0.05) is 12.6 Å². The van der Waals surface area contributed by atoms with Crippen LogP contribution in [0.2, 0.25) is 18.1 Å². The van der Waals surface area contributed by atoms with Crippen LogP contribution in [0.5, 0.6) is 17.2 Å². The molecule has 8 heteroatoms. The van der Waals surface area contributed by atoms with Crippen molar-refractivity contribution in [3.8, 4) is 17.2 Å². The Hall–Kier alpha value is -2.94. The van der Waals surface area contributed by atoms with Crippen LogP contribution >= 0.6 is 0 Å². The Balaban J connectivity index is 1.73. The van der Waals surface area contributed by atoms with Crippen LogP contribution in [-0.2, 0) is 17.6 Å². The second-order valence-electron chi connectivity index (χ2n) is 10.5. The molecule has 0 spiro atoms. The largest absolute Gasteiger partial charge is 0.491 e. The van der Waals surface area contributed by atoms with Gasteiger partial charge < -0.3 is 24.4 Å². The normalized spacial score (nSPS) is 12.8. The molecule has 0 saturated heterocycles. The van der Waals surface area contributed by atoms with Gasteiger partial charge in [0.25, 0.3) is 0 Å². The van der Waals surface area contributed by atoms with E-state index >= 15 is 0 Å². The summed E-state index contributed by atoms with van der Waals surface area (Å²) in [7, 11) is -2.00. The molecule has 1 atom stereocenters. The number of ether oxygens (including phenoxy) is 3. The molecule has 0 aliphatic carbocycles. The Labute approximate surface area is 219 Å². The maximum Gasteiger partial charge on any atom is 0.192 e. The van der Waals surface area contributed by atoms with E-state index in [2.05, 4.69) is 33.9 Å². The van der Waals surface area contributed by atoms with Crippen LogP contribution in [0.15, 0.2) is 66.7 Å². The Kier molecular flexibility index (Phi) is 9.70. The van der Waals surface area contributed by atoms with E-state index in [1.54, 1.807) is 42.5 Å². The molecule has 2 N–H and O–H groups in total. The minimum Gasteiger partial charge on any atom is -0.491 e. The average molecular weight is 530 g/mol. The van der Waals surface area contributed by atoms with Crippen LogP contribution in [-0.4, -0.2) is 27.6 Å². The Morgan fingerprint density at radius 3 is 1.76 bits per heavy atom. The van der Waals surface area contributed by atoms with E-state index in [-0.39, 0.29) is 36.0 Å². The SMILES string of the molecule is CC(C)(C)[Si](C)(C)OC(CN)COc1ccc(OCc2ccc(F)cc2)c(OCc2ccc(F)cc2)c1. The molecule has 0 heterocycles. The summed E-state index contributed by atoms with van der Waals surface area (Å²) in [6.07, 6.45) is -0.237. The number of rotatable bonds is 12. The molecule has 3 aromatic carbocycles. The minimum absolute atomic E-state index is 0.0608. The van der Waals surface area contributed by atoms with Gasteiger partial charge in [-0.15, -0.1) is 0 Å². The maximum absolute atomic E-state index is 13.3. The number of benzene rings is 3. The van der Waals surface area contributed by atoms with Crippen LogP contribution < -0.4 is 19.9 Å². The van der Waals surface area contributed by atoms with Crippen LogP contribution in [0.3, 0.4) is 0 Å². The number of hydrogen-bond acceptors (Lipinski definition) is 5. The molecule has 0 saturated carbocycles. The molecule has 0 aromatic heterocycles. The van der Waals surface area contributed by atoms with Crippen molar-refractivity contribution in [3.05, 3.63) is 89.5 Å². The highest BCUT2D eigenvalue weighted by molar-refractivity contribution is 6.74. The summed E-state index contributed by atoms with van der Waals surface area (Å²) in [6, 6.07) is 17.5. The molecule has 0 aliphatic heterocycles. The first-order valence-electron chi connectivity index (χ1n) is 12.4. The van der Waals surface area contributed by atoms with Gasteiger partial charge in [-0.1, -0.05) is 45.0 Å². The van der Waals surface area contributed by atoms with Gasteiger partial charge in [0.2, 0.25) is 0 Å². The summed E-state index contributed by atoms with van der Waals surface area (Å²) >= 11 is 0. The highest BCUT2D eigenvalue weighted by Gasteiger charge is 2.39. The predicted molar refractivity (Wildman–Crippen MR) is 145 cm³/mol. The summed E-state index contributed by atoms with van der Waals surface area (Å²) in [5.74, 6) is 0.949. The van der Waals surface area contributed by atoms with Gasteiger partial charge in [0.15, 0.2) is 19.8 Å². The number of hydrogen-bond donors (Lipinski definition) is 1. The van der Waals surface area contributed by atoms with Gasteiger partial charge >= 0.3 is 0 Å². The summed E-state index contributed by atoms with van der Waals surface area (Å²) in [5, 5.41) is 0.0608. The molecule has 0 fully saturated rings. The van der Waals surface area contributed by atoms with Gasteiger partial charge in [0.05, 0.1) is 6.10 Å². The van der Waals surface area contributed by atoms with E-state index in [1.165, 1.54) is 24.3 Å². The molecule has 0 radical (unpaired) electrons. The summed E-state index contributed by atoms with van der Waals surface area (Å²) in [4.78, 5) is 0. The van der Waals surface area contributed by atoms with Gasteiger partial charge in [-0.3, -0.25) is 0 Å². The van der Waals surface area contributed by atoms with E-state index in [0.717, 1.165) is 11.1 Å². The number of halogens is 2. The fourth-order valence-electron chi connectivity index (χ4n) is 3.23. The Morgan fingerprint density at radius 1 is 0.757 bits per heavy atom. The lowest BCUT2D eigenvalue weighted by Crippen LogP contribution is -2.47. The van der Waals surface area contributed by atoms with Crippen LogP contribution in [0, 0.1) is 11.6 Å². The lowest BCUT2D eigenvalue weighted by atomic mass is 10.2. The van der Waals surface area contributed by atoms with Gasteiger partial charge in [-0.2, -0.15) is 0 Å². The van der Waals surface area contributed by atoms with Crippen molar-refractivity contribution >= 4 is 8.32 Å². The molecule has 0 bridgehead atoms. The van der Waals surface area contributed by atoms with Crippen molar-refractivity contribution in [2.75, 3.05) is 13.2 Å². The third kappa shape index (κ3) is 8.55. The van der Waals surface area contributed by atoms with E-state index in [9.17, 15) is 8.78 Å². The van der Waals surface area contributed by atoms with Crippen LogP contribution in [0.1, 0.15) is 31.9 Å². The maximum atomic E-state index is 13.3. The van der Waals surface area contributed by atoms with Crippen LogP contribution in [0.25, 0.3) is 0 Å². The monoisotopic (exact) mass is 529 g/mol. The molecule has 0 aliphatic rings. The standard InChI is InChI=1S/C29H37F2NO4Si/c1-29(2,3)37(4,5)36-26(17-32)20-33-25-14-15-27(34-18-21-6-10-23(30)11-7-21)28(16-25)35-19-22-8-12-24(31)13-9-22/h6-16,26H,17-20,32H2,1-5H3. The predicted octanol–water partition coefficient (Wildman–Crippen LogP) is 6.85. The summed E-state index contributed by atoms with van der Waals surface area (Å²) < 4.78 is 51.0. The number of nitrogens with two attached hydrogens (primary N) is 1. The first-order valence-corrected chi connectivity index (χ1v) is 15.3. The quantitative estimate of drug-likeness (QED) is 0.260. The topological polar surface area (TPSA) is 62.9 Å². The fraction of sp³-hybridized carbons (Fsp3) is 0.379. The van der Waals surface area contributed by atoms with Crippen molar-refractivity contribution in [2.45, 2.75) is 58.2 Å². The first kappa shape index (κ1) is 28.6. The highest BCUT2D eigenvalue weighted by atomic mass is 28.4.